The van der Waals surface area contributed by atoms with Crippen LogP contribution in [0.15, 0.2) is 213 Å². The molecule has 1 aliphatic carbocycles. The monoisotopic (exact) mass is 820 g/mol. The zero-order chi connectivity index (χ0) is 42.4. The summed E-state index contributed by atoms with van der Waals surface area (Å²) in [6.45, 7) is 0. The average Bonchev–Trinajstić information content (AvgIpc) is 3.89. The Kier molecular flexibility index (Phi) is 9.26. The van der Waals surface area contributed by atoms with Crippen LogP contribution in [0.2, 0.25) is 0 Å². The Morgan fingerprint density at radius 1 is 0.406 bits per heavy atom. The van der Waals surface area contributed by atoms with Gasteiger partial charge in [0.05, 0.1) is 11.0 Å². The molecule has 0 aliphatic heterocycles. The van der Waals surface area contributed by atoms with Crippen molar-refractivity contribution in [1.82, 2.24) is 29.5 Å². The number of benzene rings is 7. The van der Waals surface area contributed by atoms with Crippen molar-refractivity contribution in [3.63, 3.8) is 0 Å². The number of fused-ring (bicyclic) bond motifs is 6. The van der Waals surface area contributed by atoms with Crippen LogP contribution in [0.5, 0.6) is 0 Å². The summed E-state index contributed by atoms with van der Waals surface area (Å²) in [5.41, 5.74) is 17.3. The number of para-hydroxylation sites is 1. The molecule has 4 heterocycles. The fourth-order valence-electron chi connectivity index (χ4n) is 9.65. The second-order valence-corrected chi connectivity index (χ2v) is 16.4. The van der Waals surface area contributed by atoms with Crippen LogP contribution in [0.3, 0.4) is 0 Å². The minimum absolute atomic E-state index is 0.364. The van der Waals surface area contributed by atoms with Gasteiger partial charge in [-0.2, -0.15) is 0 Å². The molecular weight excluding hydrogens is 781 g/mol. The lowest BCUT2D eigenvalue weighted by atomic mass is 9.89. The van der Waals surface area contributed by atoms with Crippen molar-refractivity contribution in [2.24, 2.45) is 0 Å². The van der Waals surface area contributed by atoms with Gasteiger partial charge in [-0.3, -0.25) is 9.97 Å². The molecule has 0 saturated heterocycles. The molecule has 0 spiro atoms. The summed E-state index contributed by atoms with van der Waals surface area (Å²) < 4.78 is 2.39. The first-order valence-corrected chi connectivity index (χ1v) is 21.8. The predicted octanol–water partition coefficient (Wildman–Crippen LogP) is 13.8. The van der Waals surface area contributed by atoms with E-state index in [4.69, 9.17) is 15.0 Å². The van der Waals surface area contributed by atoms with Gasteiger partial charge in [-0.15, -0.1) is 0 Å². The van der Waals surface area contributed by atoms with Crippen LogP contribution < -0.4 is 0 Å². The molecule has 7 aromatic carbocycles. The molecule has 0 amide bonds. The molecule has 0 fully saturated rings. The molecule has 0 bridgehead atoms. The molecule has 1 atom stereocenters. The molecule has 6 nitrogen and oxygen atoms in total. The molecule has 1 unspecified atom stereocenters. The van der Waals surface area contributed by atoms with Crippen LogP contribution in [0.4, 0.5) is 0 Å². The highest BCUT2D eigenvalue weighted by molar-refractivity contribution is 6.15. The first-order valence-electron chi connectivity index (χ1n) is 21.8. The van der Waals surface area contributed by atoms with E-state index in [0.717, 1.165) is 46.3 Å². The zero-order valence-corrected chi connectivity index (χ0v) is 34.9. The standard InChI is InChI=1S/C58H40N6/c1-2-14-38(15-3-1)26-32-47-45-18-4-5-19-46(45)48-33-29-40(37-50(47)48)39-27-30-43(31-28-39)64-53-24-7-6-20-49(53)55-44(21-13-25-54(55)64)41-16-12-17-42(36-41)56-61-57(51-22-8-10-34-59-51)63-58(62-56)52-23-9-11-35-60-52/h1-25,27-31,33-37,47H,26,32H2. The highest BCUT2D eigenvalue weighted by Gasteiger charge is 2.28. The van der Waals surface area contributed by atoms with Gasteiger partial charge < -0.3 is 4.57 Å². The Labute approximate surface area is 371 Å². The van der Waals surface area contributed by atoms with E-state index < -0.39 is 0 Å². The van der Waals surface area contributed by atoms with Crippen molar-refractivity contribution in [3.8, 4) is 73.5 Å². The molecule has 6 heteroatoms. The van der Waals surface area contributed by atoms with Gasteiger partial charge in [0.2, 0.25) is 0 Å². The number of aromatic nitrogens is 6. The molecule has 0 saturated carbocycles. The molecule has 0 N–H and O–H groups in total. The fraction of sp³-hybridized carbons (Fsp3) is 0.0517. The molecule has 0 radical (unpaired) electrons. The zero-order valence-electron chi connectivity index (χ0n) is 34.9. The van der Waals surface area contributed by atoms with Crippen molar-refractivity contribution < 1.29 is 0 Å². The van der Waals surface area contributed by atoms with Crippen LogP contribution >= 0.6 is 0 Å². The maximum atomic E-state index is 4.95. The lowest BCUT2D eigenvalue weighted by Crippen LogP contribution is -2.01. The highest BCUT2D eigenvalue weighted by atomic mass is 15.1. The smallest absolute Gasteiger partial charge is 0.182 e. The minimum Gasteiger partial charge on any atom is -0.309 e. The number of aryl methyl sites for hydroxylation is 1. The van der Waals surface area contributed by atoms with Crippen molar-refractivity contribution in [3.05, 3.63) is 229 Å². The van der Waals surface area contributed by atoms with Crippen molar-refractivity contribution >= 4 is 21.8 Å². The average molecular weight is 821 g/mol. The molecule has 12 rings (SSSR count). The highest BCUT2D eigenvalue weighted by Crippen LogP contribution is 2.48. The summed E-state index contributed by atoms with van der Waals surface area (Å²) in [5.74, 6) is 1.92. The van der Waals surface area contributed by atoms with E-state index in [-0.39, 0.29) is 0 Å². The van der Waals surface area contributed by atoms with Gasteiger partial charge in [-0.05, 0) is 124 Å². The summed E-state index contributed by atoms with van der Waals surface area (Å²) in [7, 11) is 0. The SMILES string of the molecule is c1ccc(CCC2c3ccccc3-c3ccc(-c4ccc(-n5c6ccccc6c6c(-c7cccc(-c8nc(-c9ccccn9)nc(-c9ccccn9)n8)c7)cccc65)cc4)cc32)cc1. The molecule has 11 aromatic rings. The van der Waals surface area contributed by atoms with Crippen molar-refractivity contribution in [2.45, 2.75) is 18.8 Å². The first-order chi connectivity index (χ1) is 31.7. The maximum absolute atomic E-state index is 4.95. The Balaban J connectivity index is 0.913. The Hall–Kier alpha value is -8.35. The van der Waals surface area contributed by atoms with Crippen LogP contribution in [-0.2, 0) is 6.42 Å². The summed E-state index contributed by atoms with van der Waals surface area (Å²) in [5, 5.41) is 2.38. The van der Waals surface area contributed by atoms with Gasteiger partial charge in [0.25, 0.3) is 0 Å². The maximum Gasteiger partial charge on any atom is 0.182 e. The molecule has 4 aromatic heterocycles. The molecule has 64 heavy (non-hydrogen) atoms. The third-order valence-electron chi connectivity index (χ3n) is 12.6. The van der Waals surface area contributed by atoms with Gasteiger partial charge in [0.15, 0.2) is 17.5 Å². The second kappa shape index (κ2) is 15.8. The van der Waals surface area contributed by atoms with Crippen molar-refractivity contribution in [1.29, 1.82) is 0 Å². The van der Waals surface area contributed by atoms with E-state index in [2.05, 4.69) is 178 Å². The van der Waals surface area contributed by atoms with E-state index in [1.807, 2.05) is 36.4 Å². The fourth-order valence-corrected chi connectivity index (χ4v) is 9.65. The molecular formula is C58H40N6. The van der Waals surface area contributed by atoms with Gasteiger partial charge in [0.1, 0.15) is 11.4 Å². The lowest BCUT2D eigenvalue weighted by Gasteiger charge is -2.15. The summed E-state index contributed by atoms with van der Waals surface area (Å²) in [6, 6.07) is 71.3. The summed E-state index contributed by atoms with van der Waals surface area (Å²) in [6.07, 6.45) is 5.63. The third-order valence-corrected chi connectivity index (χ3v) is 12.6. The number of pyridine rings is 2. The van der Waals surface area contributed by atoms with Crippen LogP contribution in [0, 0.1) is 0 Å². The van der Waals surface area contributed by atoms with Crippen LogP contribution in [-0.4, -0.2) is 29.5 Å². The normalized spacial score (nSPS) is 13.0. The van der Waals surface area contributed by atoms with Crippen LogP contribution in [0.1, 0.15) is 29.0 Å². The third kappa shape index (κ3) is 6.64. The lowest BCUT2D eigenvalue weighted by molar-refractivity contribution is 0.730. The number of hydrogen-bond donors (Lipinski definition) is 0. The predicted molar refractivity (Wildman–Crippen MR) is 259 cm³/mol. The Morgan fingerprint density at radius 3 is 1.81 bits per heavy atom. The van der Waals surface area contributed by atoms with Gasteiger partial charge in [-0.1, -0.05) is 140 Å². The Morgan fingerprint density at radius 2 is 1.03 bits per heavy atom. The van der Waals surface area contributed by atoms with Gasteiger partial charge in [0, 0.05) is 40.3 Å². The quantitative estimate of drug-likeness (QED) is 0.145. The molecule has 302 valence electrons. The number of nitrogens with zero attached hydrogens (tertiary/aromatic N) is 6. The number of hydrogen-bond acceptors (Lipinski definition) is 5. The Bertz CT molecular complexity index is 3430. The number of rotatable bonds is 9. The molecule has 1 aliphatic rings. The summed E-state index contributed by atoms with van der Waals surface area (Å²) in [4.78, 5) is 23.8. The van der Waals surface area contributed by atoms with Gasteiger partial charge >= 0.3 is 0 Å². The van der Waals surface area contributed by atoms with Crippen LogP contribution in [0.25, 0.3) is 95.3 Å². The van der Waals surface area contributed by atoms with E-state index in [9.17, 15) is 0 Å². The first kappa shape index (κ1) is 37.4. The van der Waals surface area contributed by atoms with E-state index in [0.29, 0.717) is 34.8 Å². The second-order valence-electron chi connectivity index (χ2n) is 16.4. The minimum atomic E-state index is 0.364. The summed E-state index contributed by atoms with van der Waals surface area (Å²) >= 11 is 0. The van der Waals surface area contributed by atoms with Gasteiger partial charge in [-0.25, -0.2) is 15.0 Å². The van der Waals surface area contributed by atoms with E-state index >= 15 is 0 Å². The van der Waals surface area contributed by atoms with E-state index in [1.165, 1.54) is 49.7 Å². The van der Waals surface area contributed by atoms with Crippen molar-refractivity contribution in [2.75, 3.05) is 0 Å². The van der Waals surface area contributed by atoms with E-state index in [1.54, 1.807) is 12.4 Å². The topological polar surface area (TPSA) is 69.4 Å². The largest absolute Gasteiger partial charge is 0.309 e.